The van der Waals surface area contributed by atoms with Crippen molar-refractivity contribution in [2.24, 2.45) is 16.8 Å². The number of oxime groups is 1. The summed E-state index contributed by atoms with van der Waals surface area (Å²) >= 11 is 0. The molecule has 0 aromatic heterocycles. The van der Waals surface area contributed by atoms with E-state index in [4.69, 9.17) is 10.9 Å². The predicted octanol–water partition coefficient (Wildman–Crippen LogP) is 1.60. The van der Waals surface area contributed by atoms with E-state index in [9.17, 15) is 4.79 Å². The maximum atomic E-state index is 12.5. The highest BCUT2D eigenvalue weighted by molar-refractivity contribution is 6.02. The molecule has 1 aliphatic carbocycles. The van der Waals surface area contributed by atoms with Gasteiger partial charge in [-0.25, -0.2) is 0 Å². The monoisotopic (exact) mass is 275 g/mol. The van der Waals surface area contributed by atoms with Gasteiger partial charge in [-0.2, -0.15) is 0 Å². The summed E-state index contributed by atoms with van der Waals surface area (Å²) in [6.07, 6.45) is 3.69. The number of carbonyl (C=O) groups excluding carboxylic acids is 1. The van der Waals surface area contributed by atoms with Gasteiger partial charge >= 0.3 is 0 Å². The summed E-state index contributed by atoms with van der Waals surface area (Å²) in [4.78, 5) is 14.3. The Hall–Kier alpha value is -2.04. The Balaban J connectivity index is 2.12. The van der Waals surface area contributed by atoms with Crippen LogP contribution in [0, 0.1) is 5.92 Å². The summed E-state index contributed by atoms with van der Waals surface area (Å²) in [6.45, 7) is 0. The smallest absolute Gasteiger partial charge is 0.233 e. The molecule has 0 spiro atoms. The van der Waals surface area contributed by atoms with Gasteiger partial charge in [0.25, 0.3) is 0 Å². The molecule has 5 heteroatoms. The normalized spacial score (nSPS) is 17.4. The lowest BCUT2D eigenvalue weighted by Crippen LogP contribution is -2.47. The highest BCUT2D eigenvalue weighted by Crippen LogP contribution is 2.25. The molecule has 0 aliphatic heterocycles. The van der Waals surface area contributed by atoms with Gasteiger partial charge in [0.1, 0.15) is 5.92 Å². The molecular formula is C15H21N3O2. The van der Waals surface area contributed by atoms with Crippen LogP contribution in [0.5, 0.6) is 0 Å². The largest absolute Gasteiger partial charge is 0.409 e. The second-order valence-corrected chi connectivity index (χ2v) is 5.30. The van der Waals surface area contributed by atoms with Crippen LogP contribution < -0.4 is 5.73 Å². The van der Waals surface area contributed by atoms with Crippen molar-refractivity contribution >= 4 is 11.7 Å². The van der Waals surface area contributed by atoms with Crippen LogP contribution in [-0.2, 0) is 11.2 Å². The zero-order valence-corrected chi connectivity index (χ0v) is 11.7. The Bertz CT molecular complexity index is 483. The molecule has 0 saturated heterocycles. The molecule has 0 heterocycles. The van der Waals surface area contributed by atoms with Crippen LogP contribution in [0.3, 0.4) is 0 Å². The topological polar surface area (TPSA) is 78.9 Å². The van der Waals surface area contributed by atoms with Crippen molar-refractivity contribution in [2.75, 3.05) is 7.05 Å². The van der Waals surface area contributed by atoms with Gasteiger partial charge in [-0.05, 0) is 31.2 Å². The van der Waals surface area contributed by atoms with E-state index in [2.05, 4.69) is 5.16 Å². The molecule has 0 radical (unpaired) electrons. The molecule has 3 N–H and O–H groups in total. The number of rotatable bonds is 5. The van der Waals surface area contributed by atoms with Gasteiger partial charge in [0.05, 0.1) is 0 Å². The van der Waals surface area contributed by atoms with Crippen molar-refractivity contribution < 1.29 is 10.0 Å². The van der Waals surface area contributed by atoms with Crippen LogP contribution in [-0.4, -0.2) is 34.9 Å². The first-order valence-electron chi connectivity index (χ1n) is 6.91. The van der Waals surface area contributed by atoms with E-state index in [1.54, 1.807) is 11.9 Å². The Morgan fingerprint density at radius 3 is 2.60 bits per heavy atom. The predicted molar refractivity (Wildman–Crippen MR) is 77.5 cm³/mol. The summed E-state index contributed by atoms with van der Waals surface area (Å²) in [6, 6.07) is 9.93. The Morgan fingerprint density at radius 2 is 2.10 bits per heavy atom. The minimum absolute atomic E-state index is 0.0231. The highest BCUT2D eigenvalue weighted by Gasteiger charge is 2.32. The molecule has 20 heavy (non-hydrogen) atoms. The molecule has 108 valence electrons. The van der Waals surface area contributed by atoms with Crippen LogP contribution in [0.15, 0.2) is 35.5 Å². The molecule has 2 rings (SSSR count). The lowest BCUT2D eigenvalue weighted by Gasteiger charge is -2.36. The third kappa shape index (κ3) is 3.10. The zero-order chi connectivity index (χ0) is 14.5. The zero-order valence-electron chi connectivity index (χ0n) is 11.7. The number of hydrogen-bond donors (Lipinski definition) is 2. The second-order valence-electron chi connectivity index (χ2n) is 5.30. The highest BCUT2D eigenvalue weighted by atomic mass is 16.4. The Labute approximate surface area is 119 Å². The summed E-state index contributed by atoms with van der Waals surface area (Å²) in [5.74, 6) is -0.702. The van der Waals surface area contributed by atoms with Crippen molar-refractivity contribution in [1.29, 1.82) is 0 Å². The number of amidine groups is 1. The fourth-order valence-corrected chi connectivity index (χ4v) is 2.44. The van der Waals surface area contributed by atoms with Gasteiger partial charge in [-0.1, -0.05) is 35.5 Å². The third-order valence-electron chi connectivity index (χ3n) is 4.02. The summed E-state index contributed by atoms with van der Waals surface area (Å²) in [7, 11) is 1.80. The van der Waals surface area contributed by atoms with E-state index >= 15 is 0 Å². The van der Waals surface area contributed by atoms with Gasteiger partial charge in [0.15, 0.2) is 5.84 Å². The van der Waals surface area contributed by atoms with Gasteiger partial charge < -0.3 is 15.8 Å². The average Bonchev–Trinajstić information content (AvgIpc) is 2.42. The molecule has 1 aromatic rings. The first-order chi connectivity index (χ1) is 9.63. The SMILES string of the molecule is CN(C(=O)C(Cc1ccccc1)/C(N)=N/O)C1CCC1. The summed E-state index contributed by atoms with van der Waals surface area (Å²) < 4.78 is 0. The Kier molecular flexibility index (Phi) is 4.61. The average molecular weight is 275 g/mol. The number of amides is 1. The second kappa shape index (κ2) is 6.41. The van der Waals surface area contributed by atoms with E-state index in [-0.39, 0.29) is 11.7 Å². The van der Waals surface area contributed by atoms with Crippen LogP contribution in [0.4, 0.5) is 0 Å². The number of benzene rings is 1. The first-order valence-corrected chi connectivity index (χ1v) is 6.91. The molecule has 1 unspecified atom stereocenters. The third-order valence-corrected chi connectivity index (χ3v) is 4.02. The maximum Gasteiger partial charge on any atom is 0.233 e. The van der Waals surface area contributed by atoms with Crippen molar-refractivity contribution in [3.8, 4) is 0 Å². The molecule has 0 bridgehead atoms. The molecule has 5 nitrogen and oxygen atoms in total. The van der Waals surface area contributed by atoms with Gasteiger partial charge in [-0.3, -0.25) is 4.79 Å². The fourth-order valence-electron chi connectivity index (χ4n) is 2.44. The number of carbonyl (C=O) groups is 1. The quantitative estimate of drug-likeness (QED) is 0.371. The van der Waals surface area contributed by atoms with E-state index in [1.807, 2.05) is 30.3 Å². The van der Waals surface area contributed by atoms with E-state index in [0.29, 0.717) is 12.5 Å². The molecule has 1 saturated carbocycles. The van der Waals surface area contributed by atoms with Crippen LogP contribution >= 0.6 is 0 Å². The molecule has 1 fully saturated rings. The van der Waals surface area contributed by atoms with Crippen molar-refractivity contribution in [3.63, 3.8) is 0 Å². The van der Waals surface area contributed by atoms with E-state index in [1.165, 1.54) is 0 Å². The van der Waals surface area contributed by atoms with Crippen molar-refractivity contribution in [1.82, 2.24) is 4.90 Å². The van der Waals surface area contributed by atoms with E-state index < -0.39 is 5.92 Å². The molecule has 1 atom stereocenters. The maximum absolute atomic E-state index is 12.5. The van der Waals surface area contributed by atoms with E-state index in [0.717, 1.165) is 24.8 Å². The minimum Gasteiger partial charge on any atom is -0.409 e. The molecular weight excluding hydrogens is 254 g/mol. The standard InChI is InChI=1S/C15H21N3O2/c1-18(12-8-5-9-12)15(19)13(14(16)17-20)10-11-6-3-2-4-7-11/h2-4,6-7,12-13,20H,5,8-10H2,1H3,(H2,16,17). The molecule has 1 aliphatic rings. The lowest BCUT2D eigenvalue weighted by molar-refractivity contribution is -0.135. The van der Waals surface area contributed by atoms with Crippen LogP contribution in [0.1, 0.15) is 24.8 Å². The van der Waals surface area contributed by atoms with Crippen LogP contribution in [0.2, 0.25) is 0 Å². The fraction of sp³-hybridized carbons (Fsp3) is 0.467. The van der Waals surface area contributed by atoms with Crippen LogP contribution in [0.25, 0.3) is 0 Å². The Morgan fingerprint density at radius 1 is 1.45 bits per heavy atom. The first kappa shape index (κ1) is 14.4. The minimum atomic E-state index is -0.604. The lowest BCUT2D eigenvalue weighted by atomic mass is 9.89. The number of nitrogens with two attached hydrogens (primary N) is 1. The van der Waals surface area contributed by atoms with Gasteiger partial charge in [0.2, 0.25) is 5.91 Å². The van der Waals surface area contributed by atoms with Gasteiger partial charge in [-0.15, -0.1) is 0 Å². The van der Waals surface area contributed by atoms with Gasteiger partial charge in [0, 0.05) is 13.1 Å². The summed E-state index contributed by atoms with van der Waals surface area (Å²) in [5, 5.41) is 12.0. The molecule has 1 amide bonds. The summed E-state index contributed by atoms with van der Waals surface area (Å²) in [5.41, 5.74) is 6.72. The number of nitrogens with zero attached hydrogens (tertiary/aromatic N) is 2. The van der Waals surface area contributed by atoms with Crippen molar-refractivity contribution in [3.05, 3.63) is 35.9 Å². The molecule has 1 aromatic carbocycles. The van der Waals surface area contributed by atoms with Crippen molar-refractivity contribution in [2.45, 2.75) is 31.7 Å². The number of hydrogen-bond acceptors (Lipinski definition) is 3.